The summed E-state index contributed by atoms with van der Waals surface area (Å²) in [5.41, 5.74) is -0.324. The van der Waals surface area contributed by atoms with Crippen molar-refractivity contribution in [2.75, 3.05) is 17.6 Å². The number of halogens is 2. The van der Waals surface area contributed by atoms with E-state index in [4.69, 9.17) is 4.74 Å². The molecule has 1 N–H and O–H groups in total. The molecule has 0 saturated carbocycles. The van der Waals surface area contributed by atoms with Crippen LogP contribution in [0.3, 0.4) is 0 Å². The van der Waals surface area contributed by atoms with Crippen molar-refractivity contribution in [2.45, 2.75) is 50.9 Å². The average Bonchev–Trinajstić information content (AvgIpc) is 2.53. The Hall–Kier alpha value is 0.540. The van der Waals surface area contributed by atoms with Crippen LogP contribution < -0.4 is 21.5 Å². The van der Waals surface area contributed by atoms with Crippen LogP contribution in [0, 0.1) is 0 Å². The van der Waals surface area contributed by atoms with Gasteiger partial charge in [0.05, 0.1) is 0 Å². The van der Waals surface area contributed by atoms with Crippen molar-refractivity contribution in [2.24, 2.45) is 0 Å². The molecule has 0 aromatic rings. The second-order valence-corrected chi connectivity index (χ2v) is 8.32. The number of hydrogen-bond donors (Lipinski definition) is 1. The summed E-state index contributed by atoms with van der Waals surface area (Å²) in [7, 11) is 0. The second-order valence-electron chi connectivity index (χ2n) is 5.17. The summed E-state index contributed by atoms with van der Waals surface area (Å²) in [6, 6.07) is 0. The van der Waals surface area contributed by atoms with Crippen LogP contribution in [0.25, 0.3) is 0 Å². The fraction of sp³-hybridized carbons (Fsp3) is 1.00. The van der Waals surface area contributed by atoms with E-state index in [-0.39, 0.29) is 14.5 Å². The zero-order valence-corrected chi connectivity index (χ0v) is 12.1. The van der Waals surface area contributed by atoms with Gasteiger partial charge in [0.1, 0.15) is 0 Å². The number of quaternary nitrogens is 1. The van der Waals surface area contributed by atoms with Crippen LogP contribution in [0.4, 0.5) is 4.39 Å². The summed E-state index contributed by atoms with van der Waals surface area (Å²) in [6.45, 7) is 5.30. The summed E-state index contributed by atoms with van der Waals surface area (Å²) in [5.74, 6) is 0. The van der Waals surface area contributed by atoms with Gasteiger partial charge in [-0.3, -0.25) is 0 Å². The topological polar surface area (TPSA) is 29.5 Å². The molecule has 16 heavy (non-hydrogen) atoms. The molecule has 2 fully saturated rings. The molecular weight excluding hydrogens is 324 g/mol. The van der Waals surface area contributed by atoms with Gasteiger partial charge < -0.3 is 0 Å². The normalized spacial score (nSPS) is 44.2. The number of alkyl halides is 2. The van der Waals surface area contributed by atoms with Gasteiger partial charge in [0.2, 0.25) is 0 Å². The first-order valence-electron chi connectivity index (χ1n) is 5.95. The quantitative estimate of drug-likeness (QED) is 0.400. The van der Waals surface area contributed by atoms with Crippen LogP contribution >= 0.6 is 0 Å². The number of ether oxygens (including phenoxy) is 1. The number of nitrogens with zero attached hydrogens (tertiary/aromatic N) is 1. The Morgan fingerprint density at radius 2 is 2.38 bits per heavy atom. The van der Waals surface area contributed by atoms with Crippen molar-refractivity contribution in [3.05, 3.63) is 0 Å². The van der Waals surface area contributed by atoms with Gasteiger partial charge in [-0.1, -0.05) is 0 Å². The monoisotopic (exact) mass is 345 g/mol. The second kappa shape index (κ2) is 4.66. The first kappa shape index (κ1) is 13.0. The van der Waals surface area contributed by atoms with Gasteiger partial charge in [0, 0.05) is 0 Å². The fourth-order valence-corrected chi connectivity index (χ4v) is 6.04. The van der Waals surface area contributed by atoms with Crippen LogP contribution in [0.2, 0.25) is 0 Å². The minimum atomic E-state index is -0.722. The molecule has 2 rings (SSSR count). The molecule has 3 atom stereocenters. The molecule has 0 radical (unpaired) electrons. The SMILES string of the molecule is CC(C)OC[C@@]12CCC[N+]1(O)[I-]C[C@H](F)C2. The molecule has 0 aliphatic carbocycles. The van der Waals surface area contributed by atoms with E-state index in [9.17, 15) is 9.60 Å². The Labute approximate surface area is 107 Å². The van der Waals surface area contributed by atoms with E-state index in [2.05, 4.69) is 0 Å². The molecule has 2 saturated heterocycles. The first-order chi connectivity index (χ1) is 7.47. The molecule has 5 heteroatoms. The summed E-state index contributed by atoms with van der Waals surface area (Å²) < 4.78 is 20.0. The van der Waals surface area contributed by atoms with Gasteiger partial charge in [-0.25, -0.2) is 0 Å². The molecule has 96 valence electrons. The van der Waals surface area contributed by atoms with Crippen molar-refractivity contribution in [3.63, 3.8) is 0 Å². The van der Waals surface area contributed by atoms with Crippen LogP contribution in [-0.4, -0.2) is 43.5 Å². The van der Waals surface area contributed by atoms with Crippen molar-refractivity contribution in [3.8, 4) is 0 Å². The first-order valence-corrected chi connectivity index (χ1v) is 8.44. The zero-order valence-electron chi connectivity index (χ0n) is 9.96. The van der Waals surface area contributed by atoms with Crippen LogP contribution in [0.5, 0.6) is 0 Å². The maximum absolute atomic E-state index is 13.6. The molecule has 3 nitrogen and oxygen atoms in total. The standard InChI is InChI=1S/C11H21FINO2/c1-9(2)16-8-11-4-3-5-14(11,15)13-7-10(12)6-11/h9-10,15H,3-8H2,1-2H3/t10-,11+,14?/m1/s1. The van der Waals surface area contributed by atoms with E-state index < -0.39 is 27.7 Å². The zero-order chi connectivity index (χ0) is 11.8. The van der Waals surface area contributed by atoms with Gasteiger partial charge in [0.25, 0.3) is 0 Å². The van der Waals surface area contributed by atoms with Gasteiger partial charge >= 0.3 is 107 Å². The number of rotatable bonds is 3. The molecule has 0 bridgehead atoms. The third-order valence-corrected chi connectivity index (χ3v) is 7.53. The summed E-state index contributed by atoms with van der Waals surface area (Å²) >= 11 is -0.497. The average molecular weight is 345 g/mol. The Morgan fingerprint density at radius 1 is 1.62 bits per heavy atom. The van der Waals surface area contributed by atoms with E-state index in [1.807, 2.05) is 13.8 Å². The van der Waals surface area contributed by atoms with Crippen molar-refractivity contribution in [1.82, 2.24) is 0 Å². The minimum absolute atomic E-state index is 0.152. The predicted octanol–water partition coefficient (Wildman–Crippen LogP) is -1.10. The van der Waals surface area contributed by atoms with Crippen LogP contribution in [-0.2, 0) is 4.74 Å². The van der Waals surface area contributed by atoms with Crippen molar-refractivity contribution >= 4 is 0 Å². The molecule has 2 aliphatic rings. The van der Waals surface area contributed by atoms with E-state index >= 15 is 0 Å². The van der Waals surface area contributed by atoms with Crippen molar-refractivity contribution < 1.29 is 38.7 Å². The predicted molar refractivity (Wildman–Crippen MR) is 54.3 cm³/mol. The maximum atomic E-state index is 13.6. The van der Waals surface area contributed by atoms with Gasteiger partial charge in [-0.05, 0) is 0 Å². The molecule has 0 aromatic heterocycles. The van der Waals surface area contributed by atoms with Gasteiger partial charge in [-0.15, -0.1) is 0 Å². The molecular formula is C11H21FINO2. The van der Waals surface area contributed by atoms with E-state index in [1.54, 1.807) is 0 Å². The van der Waals surface area contributed by atoms with E-state index in [0.29, 0.717) is 17.5 Å². The third-order valence-electron chi connectivity index (χ3n) is 3.54. The van der Waals surface area contributed by atoms with Gasteiger partial charge in [-0.2, -0.15) is 0 Å². The van der Waals surface area contributed by atoms with Crippen LogP contribution in [0.15, 0.2) is 0 Å². The Balaban J connectivity index is 2.12. The van der Waals surface area contributed by atoms with Gasteiger partial charge in [0.15, 0.2) is 0 Å². The molecule has 0 spiro atoms. The van der Waals surface area contributed by atoms with Crippen LogP contribution in [0.1, 0.15) is 33.1 Å². The number of hydrogen-bond acceptors (Lipinski definition) is 2. The fourth-order valence-electron chi connectivity index (χ4n) is 2.66. The van der Waals surface area contributed by atoms with E-state index in [1.165, 1.54) is 0 Å². The molecule has 2 aliphatic heterocycles. The third kappa shape index (κ3) is 2.23. The Kier molecular flexibility index (Phi) is 3.78. The molecule has 1 unspecified atom stereocenters. The summed E-state index contributed by atoms with van der Waals surface area (Å²) in [4.78, 5) is 0. The molecule has 0 amide bonds. The number of fused-ring (bicyclic) bond motifs is 1. The molecule has 0 aromatic carbocycles. The van der Waals surface area contributed by atoms with Crippen molar-refractivity contribution in [1.29, 1.82) is 0 Å². The number of hydroxylamine groups is 2. The Bertz CT molecular complexity index is 266. The molecule has 2 heterocycles. The summed E-state index contributed by atoms with van der Waals surface area (Å²) in [6.07, 6.45) is 1.83. The van der Waals surface area contributed by atoms with E-state index in [0.717, 1.165) is 19.4 Å². The summed E-state index contributed by atoms with van der Waals surface area (Å²) in [5, 5.41) is 10.6. The Morgan fingerprint density at radius 3 is 3.06 bits per heavy atom.